The molecule has 3 heterocycles. The van der Waals surface area contributed by atoms with Crippen molar-refractivity contribution in [2.75, 3.05) is 6.79 Å². The fraction of sp³-hybridized carbons (Fsp3) is 0.0476. The van der Waals surface area contributed by atoms with Crippen LogP contribution in [-0.2, 0) is 0 Å². The summed E-state index contributed by atoms with van der Waals surface area (Å²) in [5.41, 5.74) is 5.69. The number of hydrogen-bond donors (Lipinski definition) is 2. The Kier molecular flexibility index (Phi) is 2.85. The van der Waals surface area contributed by atoms with E-state index in [-0.39, 0.29) is 6.79 Å². The fourth-order valence-electron chi connectivity index (χ4n) is 3.59. The van der Waals surface area contributed by atoms with Crippen LogP contribution in [0, 0.1) is 0 Å². The average molecular weight is 354 g/mol. The van der Waals surface area contributed by atoms with Crippen LogP contribution in [0.5, 0.6) is 11.5 Å². The van der Waals surface area contributed by atoms with Gasteiger partial charge in [0.05, 0.1) is 16.6 Å². The molecule has 0 unspecified atom stereocenters. The molecule has 6 rings (SSSR count). The van der Waals surface area contributed by atoms with Gasteiger partial charge in [-0.05, 0) is 29.8 Å². The molecule has 0 saturated carbocycles. The molecule has 0 amide bonds. The molecule has 0 saturated heterocycles. The Labute approximate surface area is 153 Å². The zero-order valence-corrected chi connectivity index (χ0v) is 14.2. The molecule has 1 aliphatic rings. The van der Waals surface area contributed by atoms with E-state index in [1.807, 2.05) is 48.5 Å². The molecule has 130 valence electrons. The summed E-state index contributed by atoms with van der Waals surface area (Å²) in [6.45, 7) is 0.257. The van der Waals surface area contributed by atoms with E-state index >= 15 is 0 Å². The first-order valence-corrected chi connectivity index (χ1v) is 8.69. The van der Waals surface area contributed by atoms with E-state index in [2.05, 4.69) is 27.3 Å². The lowest BCUT2D eigenvalue weighted by Crippen LogP contribution is -1.93. The SMILES string of the molecule is c1cc2c(c(-c3ccc4[nH]c(-c5n[nH]c6ccccc56)nc4c3)c1)OCO2. The van der Waals surface area contributed by atoms with Gasteiger partial charge in [-0.2, -0.15) is 5.10 Å². The van der Waals surface area contributed by atoms with Gasteiger partial charge in [0.25, 0.3) is 0 Å². The summed E-state index contributed by atoms with van der Waals surface area (Å²) < 4.78 is 11.1. The van der Waals surface area contributed by atoms with E-state index in [0.717, 1.165) is 56.1 Å². The van der Waals surface area contributed by atoms with Crippen molar-refractivity contribution in [2.45, 2.75) is 0 Å². The highest BCUT2D eigenvalue weighted by atomic mass is 16.7. The summed E-state index contributed by atoms with van der Waals surface area (Å²) in [6.07, 6.45) is 0. The molecule has 1 aliphatic heterocycles. The predicted octanol–water partition coefficient (Wildman–Crippen LogP) is 4.50. The van der Waals surface area contributed by atoms with Crippen molar-refractivity contribution in [3.8, 4) is 34.1 Å². The number of H-pyrrole nitrogens is 2. The first-order valence-electron chi connectivity index (χ1n) is 8.69. The van der Waals surface area contributed by atoms with Gasteiger partial charge >= 0.3 is 0 Å². The molecule has 0 spiro atoms. The summed E-state index contributed by atoms with van der Waals surface area (Å²) >= 11 is 0. The number of hydrogen-bond acceptors (Lipinski definition) is 4. The Morgan fingerprint density at radius 3 is 2.85 bits per heavy atom. The molecule has 0 aliphatic carbocycles. The predicted molar refractivity (Wildman–Crippen MR) is 103 cm³/mol. The molecule has 2 N–H and O–H groups in total. The second-order valence-corrected chi connectivity index (χ2v) is 6.47. The number of para-hydroxylation sites is 2. The number of imidazole rings is 1. The largest absolute Gasteiger partial charge is 0.454 e. The van der Waals surface area contributed by atoms with Crippen molar-refractivity contribution < 1.29 is 9.47 Å². The molecule has 5 aromatic rings. The van der Waals surface area contributed by atoms with Crippen LogP contribution in [0.1, 0.15) is 0 Å². The van der Waals surface area contributed by atoms with Gasteiger partial charge in [-0.15, -0.1) is 0 Å². The number of rotatable bonds is 2. The Morgan fingerprint density at radius 1 is 0.889 bits per heavy atom. The molecule has 0 atom stereocenters. The molecule has 0 radical (unpaired) electrons. The van der Waals surface area contributed by atoms with Gasteiger partial charge in [0.1, 0.15) is 5.69 Å². The summed E-state index contributed by atoms with van der Waals surface area (Å²) in [6, 6.07) is 20.1. The standard InChI is InChI=1S/C21H14N4O2/c1-2-6-15-14(4-1)19(25-24-15)21-22-16-9-8-12(10-17(16)23-21)13-5-3-7-18-20(13)27-11-26-18/h1-10H,11H2,(H,22,23)(H,24,25). The summed E-state index contributed by atoms with van der Waals surface area (Å²) in [5, 5.41) is 8.53. The molecule has 3 aromatic carbocycles. The van der Waals surface area contributed by atoms with E-state index in [4.69, 9.17) is 14.5 Å². The smallest absolute Gasteiger partial charge is 0.231 e. The maximum Gasteiger partial charge on any atom is 0.231 e. The minimum Gasteiger partial charge on any atom is -0.454 e. The van der Waals surface area contributed by atoms with E-state index in [1.54, 1.807) is 0 Å². The van der Waals surface area contributed by atoms with Crippen LogP contribution in [0.3, 0.4) is 0 Å². The van der Waals surface area contributed by atoms with Crippen molar-refractivity contribution in [2.24, 2.45) is 0 Å². The van der Waals surface area contributed by atoms with Crippen LogP contribution < -0.4 is 9.47 Å². The molecular weight excluding hydrogens is 340 g/mol. The second-order valence-electron chi connectivity index (χ2n) is 6.47. The van der Waals surface area contributed by atoms with Crippen LogP contribution in [0.15, 0.2) is 60.7 Å². The fourth-order valence-corrected chi connectivity index (χ4v) is 3.59. The van der Waals surface area contributed by atoms with Crippen molar-refractivity contribution in [3.05, 3.63) is 60.7 Å². The van der Waals surface area contributed by atoms with Gasteiger partial charge in [0.2, 0.25) is 6.79 Å². The Hall–Kier alpha value is -3.80. The molecule has 27 heavy (non-hydrogen) atoms. The highest BCUT2D eigenvalue weighted by Crippen LogP contribution is 2.41. The molecule has 6 nitrogen and oxygen atoms in total. The topological polar surface area (TPSA) is 75.8 Å². The second kappa shape index (κ2) is 5.35. The Morgan fingerprint density at radius 2 is 1.85 bits per heavy atom. The van der Waals surface area contributed by atoms with E-state index in [9.17, 15) is 0 Å². The van der Waals surface area contributed by atoms with Crippen molar-refractivity contribution >= 4 is 21.9 Å². The van der Waals surface area contributed by atoms with E-state index in [0.29, 0.717) is 0 Å². The van der Waals surface area contributed by atoms with Gasteiger partial charge < -0.3 is 14.5 Å². The third kappa shape index (κ3) is 2.13. The zero-order chi connectivity index (χ0) is 17.8. The number of fused-ring (bicyclic) bond motifs is 3. The van der Waals surface area contributed by atoms with Crippen molar-refractivity contribution in [3.63, 3.8) is 0 Å². The number of nitrogens with zero attached hydrogens (tertiary/aromatic N) is 2. The number of nitrogens with one attached hydrogen (secondary N) is 2. The van der Waals surface area contributed by atoms with Crippen LogP contribution in [0.25, 0.3) is 44.6 Å². The van der Waals surface area contributed by atoms with Crippen LogP contribution >= 0.6 is 0 Å². The molecule has 0 fully saturated rings. The lowest BCUT2D eigenvalue weighted by Gasteiger charge is -2.05. The summed E-state index contributed by atoms with van der Waals surface area (Å²) in [4.78, 5) is 8.15. The van der Waals surface area contributed by atoms with Gasteiger partial charge in [-0.25, -0.2) is 4.98 Å². The highest BCUT2D eigenvalue weighted by molar-refractivity contribution is 5.93. The van der Waals surface area contributed by atoms with E-state index < -0.39 is 0 Å². The third-order valence-electron chi connectivity index (χ3n) is 4.89. The minimum atomic E-state index is 0.257. The molecule has 2 aromatic heterocycles. The summed E-state index contributed by atoms with van der Waals surface area (Å²) in [5.74, 6) is 2.31. The van der Waals surface area contributed by atoms with Gasteiger partial charge in [-0.3, -0.25) is 5.10 Å². The lowest BCUT2D eigenvalue weighted by molar-refractivity contribution is 0.174. The average Bonchev–Trinajstić information content (AvgIpc) is 3.43. The van der Waals surface area contributed by atoms with Crippen LogP contribution in [0.2, 0.25) is 0 Å². The maximum atomic E-state index is 5.64. The molecular formula is C21H14N4O2. The van der Waals surface area contributed by atoms with Crippen LogP contribution in [0.4, 0.5) is 0 Å². The van der Waals surface area contributed by atoms with Crippen LogP contribution in [-0.4, -0.2) is 27.0 Å². The monoisotopic (exact) mass is 354 g/mol. The summed E-state index contributed by atoms with van der Waals surface area (Å²) in [7, 11) is 0. The highest BCUT2D eigenvalue weighted by Gasteiger charge is 2.19. The number of aromatic nitrogens is 4. The molecule has 0 bridgehead atoms. The Balaban J connectivity index is 1.50. The first kappa shape index (κ1) is 14.4. The Bertz CT molecular complexity index is 1320. The lowest BCUT2D eigenvalue weighted by atomic mass is 10.0. The number of benzene rings is 3. The number of aromatic amines is 2. The normalized spacial score (nSPS) is 12.9. The van der Waals surface area contributed by atoms with E-state index in [1.165, 1.54) is 0 Å². The van der Waals surface area contributed by atoms with Gasteiger partial charge in [0.15, 0.2) is 17.3 Å². The number of ether oxygens (including phenoxy) is 2. The van der Waals surface area contributed by atoms with Crippen molar-refractivity contribution in [1.29, 1.82) is 0 Å². The van der Waals surface area contributed by atoms with Crippen molar-refractivity contribution in [1.82, 2.24) is 20.2 Å². The quantitative estimate of drug-likeness (QED) is 0.489. The maximum absolute atomic E-state index is 5.64. The first-order chi connectivity index (χ1) is 13.4. The van der Waals surface area contributed by atoms with Gasteiger partial charge in [-0.1, -0.05) is 36.4 Å². The minimum absolute atomic E-state index is 0.257. The molecule has 6 heteroatoms. The van der Waals surface area contributed by atoms with Gasteiger partial charge in [0, 0.05) is 10.9 Å². The third-order valence-corrected chi connectivity index (χ3v) is 4.89. The zero-order valence-electron chi connectivity index (χ0n) is 14.2.